The number of nitrogens with zero attached hydrogens (tertiary/aromatic N) is 1. The molecular weight excluding hydrogens is 308 g/mol. The first-order chi connectivity index (χ1) is 10.6. The average molecular weight is 319 g/mol. The van der Waals surface area contributed by atoms with Gasteiger partial charge in [0.15, 0.2) is 11.5 Å². The van der Waals surface area contributed by atoms with Crippen LogP contribution in [0.3, 0.4) is 0 Å². The third-order valence-corrected chi connectivity index (χ3v) is 3.33. The van der Waals surface area contributed by atoms with Crippen LogP contribution in [0.2, 0.25) is 5.02 Å². The number of hydrogen-bond acceptors (Lipinski definition) is 5. The number of carbonyl (C=O) groups is 1. The molecule has 3 rings (SSSR count). The summed E-state index contributed by atoms with van der Waals surface area (Å²) in [4.78, 5) is 11.0. The number of hydrazone groups is 1. The predicted octanol–water partition coefficient (Wildman–Crippen LogP) is 3.21. The van der Waals surface area contributed by atoms with E-state index in [1.54, 1.807) is 24.4 Å². The zero-order valence-corrected chi connectivity index (χ0v) is 12.0. The van der Waals surface area contributed by atoms with Gasteiger partial charge in [-0.25, -0.2) is 4.79 Å². The number of aromatic carboxylic acids is 1. The lowest BCUT2D eigenvalue weighted by Gasteiger charge is -2.03. The Balaban J connectivity index is 1.72. The molecule has 0 atom stereocenters. The zero-order valence-electron chi connectivity index (χ0n) is 11.2. The van der Waals surface area contributed by atoms with Crippen molar-refractivity contribution in [2.24, 2.45) is 5.10 Å². The van der Waals surface area contributed by atoms with Gasteiger partial charge >= 0.3 is 5.97 Å². The molecule has 0 saturated heterocycles. The minimum absolute atomic E-state index is 0.0185. The van der Waals surface area contributed by atoms with Crippen molar-refractivity contribution in [2.75, 3.05) is 12.2 Å². The first-order valence-corrected chi connectivity index (χ1v) is 6.73. The number of fused-ring (bicyclic) bond motifs is 1. The lowest BCUT2D eigenvalue weighted by Crippen LogP contribution is -1.99. The van der Waals surface area contributed by atoms with Crippen LogP contribution in [0.5, 0.6) is 11.5 Å². The second-order valence-electron chi connectivity index (χ2n) is 4.48. The van der Waals surface area contributed by atoms with Crippen molar-refractivity contribution in [3.63, 3.8) is 0 Å². The molecule has 0 aliphatic carbocycles. The number of carboxylic acids is 1. The number of anilines is 1. The van der Waals surface area contributed by atoms with Crippen molar-refractivity contribution in [1.82, 2.24) is 0 Å². The standard InChI is InChI=1S/C15H11ClN2O4/c16-12-3-2-10(6-11(12)15(19)20)18-17-7-9-1-4-13-14(5-9)22-8-21-13/h1-7,18H,8H2,(H,19,20)/b17-7-. The van der Waals surface area contributed by atoms with Crippen LogP contribution in [-0.4, -0.2) is 24.1 Å². The number of benzene rings is 2. The normalized spacial score (nSPS) is 12.6. The van der Waals surface area contributed by atoms with Crippen molar-refractivity contribution < 1.29 is 19.4 Å². The molecule has 2 aromatic carbocycles. The molecule has 0 saturated carbocycles. The third kappa shape index (κ3) is 2.96. The molecule has 112 valence electrons. The van der Waals surface area contributed by atoms with Crippen molar-refractivity contribution in [2.45, 2.75) is 0 Å². The Kier molecular flexibility index (Phi) is 3.84. The minimum atomic E-state index is -1.09. The number of ether oxygens (including phenoxy) is 2. The molecule has 0 amide bonds. The van der Waals surface area contributed by atoms with Gasteiger partial charge < -0.3 is 14.6 Å². The van der Waals surface area contributed by atoms with E-state index in [1.165, 1.54) is 12.1 Å². The van der Waals surface area contributed by atoms with E-state index in [-0.39, 0.29) is 17.4 Å². The number of rotatable bonds is 4. The molecule has 0 bridgehead atoms. The molecule has 1 aliphatic heterocycles. The SMILES string of the molecule is O=C(O)c1cc(N/N=C\c2ccc3c(c2)OCO3)ccc1Cl. The minimum Gasteiger partial charge on any atom is -0.478 e. The van der Waals surface area contributed by atoms with Crippen LogP contribution in [0.25, 0.3) is 0 Å². The summed E-state index contributed by atoms with van der Waals surface area (Å²) in [7, 11) is 0. The van der Waals surface area contributed by atoms with Crippen LogP contribution in [0.1, 0.15) is 15.9 Å². The average Bonchev–Trinajstić information content (AvgIpc) is 2.96. The Morgan fingerprint density at radius 3 is 2.86 bits per heavy atom. The second-order valence-corrected chi connectivity index (χ2v) is 4.89. The summed E-state index contributed by atoms with van der Waals surface area (Å²) in [6, 6.07) is 10.0. The van der Waals surface area contributed by atoms with Crippen molar-refractivity contribution >= 4 is 29.5 Å². The Bertz CT molecular complexity index is 761. The number of hydrogen-bond donors (Lipinski definition) is 2. The largest absolute Gasteiger partial charge is 0.478 e. The predicted molar refractivity (Wildman–Crippen MR) is 82.2 cm³/mol. The topological polar surface area (TPSA) is 80.2 Å². The van der Waals surface area contributed by atoms with E-state index in [4.69, 9.17) is 26.2 Å². The second kappa shape index (κ2) is 5.95. The highest BCUT2D eigenvalue weighted by atomic mass is 35.5. The van der Waals surface area contributed by atoms with Gasteiger partial charge in [0.2, 0.25) is 6.79 Å². The Labute approximate surface area is 130 Å². The Morgan fingerprint density at radius 2 is 2.05 bits per heavy atom. The monoisotopic (exact) mass is 318 g/mol. The van der Waals surface area contributed by atoms with Crippen molar-refractivity contribution in [3.05, 3.63) is 52.5 Å². The van der Waals surface area contributed by atoms with Crippen LogP contribution in [0.4, 0.5) is 5.69 Å². The van der Waals surface area contributed by atoms with E-state index in [2.05, 4.69) is 10.5 Å². The molecule has 0 spiro atoms. The molecule has 0 unspecified atom stereocenters. The van der Waals surface area contributed by atoms with Gasteiger partial charge in [-0.1, -0.05) is 11.6 Å². The number of carboxylic acid groups (broad SMARTS) is 1. The Morgan fingerprint density at radius 1 is 1.23 bits per heavy atom. The van der Waals surface area contributed by atoms with Gasteiger partial charge in [-0.05, 0) is 42.0 Å². The fourth-order valence-corrected chi connectivity index (χ4v) is 2.13. The highest BCUT2D eigenvalue weighted by Gasteiger charge is 2.12. The molecule has 2 aromatic rings. The number of nitrogens with one attached hydrogen (secondary N) is 1. The van der Waals surface area contributed by atoms with E-state index in [0.717, 1.165) is 5.56 Å². The van der Waals surface area contributed by atoms with E-state index in [1.807, 2.05) is 6.07 Å². The van der Waals surface area contributed by atoms with Crippen LogP contribution in [0, 0.1) is 0 Å². The maximum absolute atomic E-state index is 11.0. The van der Waals surface area contributed by atoms with Crippen LogP contribution in [-0.2, 0) is 0 Å². The molecule has 22 heavy (non-hydrogen) atoms. The lowest BCUT2D eigenvalue weighted by molar-refractivity contribution is 0.0697. The van der Waals surface area contributed by atoms with Gasteiger partial charge in [-0.3, -0.25) is 5.43 Å². The molecule has 0 aromatic heterocycles. The van der Waals surface area contributed by atoms with E-state index >= 15 is 0 Å². The maximum atomic E-state index is 11.0. The summed E-state index contributed by atoms with van der Waals surface area (Å²) in [6.07, 6.45) is 1.59. The quantitative estimate of drug-likeness (QED) is 0.668. The molecular formula is C15H11ClN2O4. The number of halogens is 1. The van der Waals surface area contributed by atoms with E-state index in [9.17, 15) is 4.79 Å². The maximum Gasteiger partial charge on any atom is 0.337 e. The Hall–Kier alpha value is -2.73. The van der Waals surface area contributed by atoms with Crippen LogP contribution in [0.15, 0.2) is 41.5 Å². The molecule has 1 aliphatic rings. The van der Waals surface area contributed by atoms with Crippen LogP contribution >= 0.6 is 11.6 Å². The first-order valence-electron chi connectivity index (χ1n) is 6.35. The third-order valence-electron chi connectivity index (χ3n) is 3.00. The summed E-state index contributed by atoms with van der Waals surface area (Å²) < 4.78 is 10.5. The lowest BCUT2D eigenvalue weighted by atomic mass is 10.2. The molecule has 0 radical (unpaired) electrons. The van der Waals surface area contributed by atoms with Crippen molar-refractivity contribution in [1.29, 1.82) is 0 Å². The van der Waals surface area contributed by atoms with Gasteiger partial charge in [0.1, 0.15) is 0 Å². The van der Waals surface area contributed by atoms with Gasteiger partial charge in [-0.15, -0.1) is 0 Å². The molecule has 6 nitrogen and oxygen atoms in total. The van der Waals surface area contributed by atoms with Gasteiger partial charge in [0.25, 0.3) is 0 Å². The summed E-state index contributed by atoms with van der Waals surface area (Å²) >= 11 is 5.80. The highest BCUT2D eigenvalue weighted by molar-refractivity contribution is 6.33. The smallest absolute Gasteiger partial charge is 0.337 e. The fraction of sp³-hybridized carbons (Fsp3) is 0.0667. The van der Waals surface area contributed by atoms with Gasteiger partial charge in [-0.2, -0.15) is 5.10 Å². The van der Waals surface area contributed by atoms with Gasteiger partial charge in [0, 0.05) is 0 Å². The van der Waals surface area contributed by atoms with E-state index in [0.29, 0.717) is 17.2 Å². The molecule has 7 heteroatoms. The summed E-state index contributed by atoms with van der Waals surface area (Å²) in [5, 5.41) is 13.2. The summed E-state index contributed by atoms with van der Waals surface area (Å²) in [6.45, 7) is 0.219. The molecule has 2 N–H and O–H groups in total. The summed E-state index contributed by atoms with van der Waals surface area (Å²) in [5.41, 5.74) is 4.13. The first kappa shape index (κ1) is 14.2. The van der Waals surface area contributed by atoms with E-state index < -0.39 is 5.97 Å². The molecule has 1 heterocycles. The van der Waals surface area contributed by atoms with Crippen molar-refractivity contribution in [3.8, 4) is 11.5 Å². The van der Waals surface area contributed by atoms with Crippen LogP contribution < -0.4 is 14.9 Å². The summed E-state index contributed by atoms with van der Waals surface area (Å²) in [5.74, 6) is 0.283. The highest BCUT2D eigenvalue weighted by Crippen LogP contribution is 2.32. The van der Waals surface area contributed by atoms with Gasteiger partial charge in [0.05, 0.1) is 22.5 Å². The fourth-order valence-electron chi connectivity index (χ4n) is 1.93. The zero-order chi connectivity index (χ0) is 15.5. The molecule has 0 fully saturated rings.